The molecule has 0 saturated carbocycles. The Morgan fingerprint density at radius 1 is 1.04 bits per heavy atom. The van der Waals surface area contributed by atoms with Crippen LogP contribution >= 0.6 is 11.5 Å². The lowest BCUT2D eigenvalue weighted by atomic mass is 10.1. The average Bonchev–Trinajstić information content (AvgIpc) is 3.01. The molecule has 0 spiro atoms. The third-order valence-electron chi connectivity index (χ3n) is 4.36. The molecule has 0 N–H and O–H groups in total. The smallest absolute Gasteiger partial charge is 0.208 e. The number of piperidine rings is 1. The van der Waals surface area contributed by atoms with Crippen molar-refractivity contribution in [3.8, 4) is 0 Å². The number of fused-ring (bicyclic) bond motifs is 1. The molecular weight excluding hydrogens is 304 g/mol. The summed E-state index contributed by atoms with van der Waals surface area (Å²) in [6, 6.07) is 17.2. The largest absolute Gasteiger partial charge is 0.299 e. The van der Waals surface area contributed by atoms with Gasteiger partial charge in [0.1, 0.15) is 0 Å². The quantitative estimate of drug-likeness (QED) is 0.742. The van der Waals surface area contributed by atoms with E-state index in [0.29, 0.717) is 6.04 Å². The first kappa shape index (κ1) is 14.6. The van der Waals surface area contributed by atoms with Gasteiger partial charge in [0.25, 0.3) is 0 Å². The zero-order chi connectivity index (χ0) is 15.5. The number of hydrogen-bond donors (Lipinski definition) is 0. The van der Waals surface area contributed by atoms with E-state index in [2.05, 4.69) is 44.0 Å². The van der Waals surface area contributed by atoms with Crippen LogP contribution < -0.4 is 4.80 Å². The number of nitrogens with zero attached hydrogens (tertiary/aromatic N) is 4. The van der Waals surface area contributed by atoms with Gasteiger partial charge in [-0.2, -0.15) is 4.37 Å². The predicted octanol–water partition coefficient (Wildman–Crippen LogP) is 2.96. The molecule has 0 radical (unpaired) electrons. The van der Waals surface area contributed by atoms with Crippen molar-refractivity contribution >= 4 is 17.2 Å². The van der Waals surface area contributed by atoms with Crippen molar-refractivity contribution in [3.05, 3.63) is 65.1 Å². The maximum atomic E-state index is 4.94. The molecule has 1 fully saturated rings. The van der Waals surface area contributed by atoms with Gasteiger partial charge in [0, 0.05) is 37.4 Å². The zero-order valence-electron chi connectivity index (χ0n) is 13.0. The van der Waals surface area contributed by atoms with Gasteiger partial charge in [-0.15, -0.1) is 0 Å². The minimum absolute atomic E-state index is 0.415. The van der Waals surface area contributed by atoms with Crippen LogP contribution in [-0.2, 0) is 6.54 Å². The van der Waals surface area contributed by atoms with E-state index in [0.717, 1.165) is 42.9 Å². The summed E-state index contributed by atoms with van der Waals surface area (Å²) in [7, 11) is 0. The van der Waals surface area contributed by atoms with Gasteiger partial charge in [-0.1, -0.05) is 36.4 Å². The summed E-state index contributed by atoms with van der Waals surface area (Å²) in [6.07, 6.45) is 4.29. The van der Waals surface area contributed by atoms with Crippen LogP contribution in [0.25, 0.3) is 5.65 Å². The molecule has 118 valence electrons. The molecule has 0 atom stereocenters. The Morgan fingerprint density at radius 2 is 1.83 bits per heavy atom. The van der Waals surface area contributed by atoms with E-state index in [9.17, 15) is 0 Å². The van der Waals surface area contributed by atoms with E-state index in [1.54, 1.807) is 0 Å². The number of likely N-dealkylation sites (tertiary alicyclic amines) is 1. The number of rotatable bonds is 3. The Kier molecular flexibility index (Phi) is 4.22. The van der Waals surface area contributed by atoms with Crippen LogP contribution in [0.5, 0.6) is 0 Å². The van der Waals surface area contributed by atoms with E-state index in [-0.39, 0.29) is 0 Å². The lowest BCUT2D eigenvalue weighted by Crippen LogP contribution is -2.35. The summed E-state index contributed by atoms with van der Waals surface area (Å²) in [5.74, 6) is 0. The summed E-state index contributed by atoms with van der Waals surface area (Å²) in [4.78, 5) is 8.48. The second kappa shape index (κ2) is 6.64. The zero-order valence-corrected chi connectivity index (χ0v) is 13.8. The Bertz CT molecular complexity index is 829. The maximum absolute atomic E-state index is 4.94. The molecule has 23 heavy (non-hydrogen) atoms. The van der Waals surface area contributed by atoms with Gasteiger partial charge in [-0.3, -0.25) is 14.3 Å². The molecule has 1 aliphatic heterocycles. The summed E-state index contributed by atoms with van der Waals surface area (Å²) < 4.78 is 6.54. The normalized spacial score (nSPS) is 17.8. The first-order valence-corrected chi connectivity index (χ1v) is 8.89. The van der Waals surface area contributed by atoms with Gasteiger partial charge in [0.05, 0.1) is 6.04 Å². The highest BCUT2D eigenvalue weighted by atomic mass is 32.1. The van der Waals surface area contributed by atoms with Crippen LogP contribution in [0.1, 0.15) is 18.4 Å². The predicted molar refractivity (Wildman–Crippen MR) is 93.4 cm³/mol. The number of benzene rings is 1. The van der Waals surface area contributed by atoms with E-state index < -0.39 is 0 Å². The van der Waals surface area contributed by atoms with Crippen molar-refractivity contribution in [1.82, 2.24) is 13.7 Å². The first-order chi connectivity index (χ1) is 11.4. The molecule has 1 aliphatic rings. The minimum atomic E-state index is 0.415. The standard InChI is InChI=1S/C18H20N4S/c1-2-6-15(7-3-1)14-21-12-9-16(10-13-21)19-18-22-11-5-4-8-17(22)20-23-18/h1-8,11,16H,9-10,12-14H2/b19-18+. The fourth-order valence-corrected chi connectivity index (χ4v) is 3.85. The molecule has 3 aromatic rings. The number of hydrogen-bond acceptors (Lipinski definition) is 4. The van der Waals surface area contributed by atoms with Gasteiger partial charge in [-0.25, -0.2) is 0 Å². The van der Waals surface area contributed by atoms with Crippen molar-refractivity contribution in [1.29, 1.82) is 0 Å². The molecule has 3 heterocycles. The Balaban J connectivity index is 1.43. The lowest BCUT2D eigenvalue weighted by molar-refractivity contribution is 0.205. The third kappa shape index (κ3) is 3.35. The molecule has 0 unspecified atom stereocenters. The van der Waals surface area contributed by atoms with Crippen molar-refractivity contribution in [3.63, 3.8) is 0 Å². The van der Waals surface area contributed by atoms with Crippen molar-refractivity contribution in [2.24, 2.45) is 4.99 Å². The van der Waals surface area contributed by atoms with Gasteiger partial charge in [0.15, 0.2) is 5.65 Å². The van der Waals surface area contributed by atoms with Crippen molar-refractivity contribution in [2.75, 3.05) is 13.1 Å². The van der Waals surface area contributed by atoms with Crippen LogP contribution in [0.4, 0.5) is 0 Å². The lowest BCUT2D eigenvalue weighted by Gasteiger charge is -2.29. The minimum Gasteiger partial charge on any atom is -0.299 e. The van der Waals surface area contributed by atoms with Crippen LogP contribution in [0.2, 0.25) is 0 Å². The number of pyridine rings is 1. The second-order valence-electron chi connectivity index (χ2n) is 6.02. The van der Waals surface area contributed by atoms with Crippen molar-refractivity contribution in [2.45, 2.75) is 25.4 Å². The number of aromatic nitrogens is 2. The fraction of sp³-hybridized carbons (Fsp3) is 0.333. The van der Waals surface area contributed by atoms with Gasteiger partial charge >= 0.3 is 0 Å². The van der Waals surface area contributed by atoms with E-state index in [4.69, 9.17) is 4.99 Å². The highest BCUT2D eigenvalue weighted by Gasteiger charge is 2.18. The molecule has 0 aliphatic carbocycles. The van der Waals surface area contributed by atoms with Crippen molar-refractivity contribution < 1.29 is 0 Å². The molecule has 5 heteroatoms. The highest BCUT2D eigenvalue weighted by Crippen LogP contribution is 2.16. The maximum Gasteiger partial charge on any atom is 0.208 e. The summed E-state index contributed by atoms with van der Waals surface area (Å²) in [5.41, 5.74) is 2.38. The van der Waals surface area contributed by atoms with Gasteiger partial charge < -0.3 is 0 Å². The van der Waals surface area contributed by atoms with Crippen LogP contribution in [-0.4, -0.2) is 32.8 Å². The van der Waals surface area contributed by atoms with Gasteiger partial charge in [0.2, 0.25) is 4.80 Å². The monoisotopic (exact) mass is 324 g/mol. The Labute approximate surface area is 139 Å². The summed E-state index contributed by atoms with van der Waals surface area (Å²) >= 11 is 1.49. The second-order valence-corrected chi connectivity index (χ2v) is 6.75. The Hall–Kier alpha value is -1.98. The summed E-state index contributed by atoms with van der Waals surface area (Å²) in [5, 5.41) is 0. The molecule has 4 rings (SSSR count). The highest BCUT2D eigenvalue weighted by molar-refractivity contribution is 7.03. The first-order valence-electron chi connectivity index (χ1n) is 8.12. The SMILES string of the molecule is c1ccc(CN2CCC(/N=c3/snc4ccccn34)CC2)cc1. The van der Waals surface area contributed by atoms with E-state index >= 15 is 0 Å². The van der Waals surface area contributed by atoms with Crippen LogP contribution in [0.15, 0.2) is 59.7 Å². The van der Waals surface area contributed by atoms with Crippen LogP contribution in [0.3, 0.4) is 0 Å². The molecule has 2 aromatic heterocycles. The third-order valence-corrected chi connectivity index (χ3v) is 5.11. The topological polar surface area (TPSA) is 32.9 Å². The van der Waals surface area contributed by atoms with Crippen LogP contribution in [0, 0.1) is 0 Å². The summed E-state index contributed by atoms with van der Waals surface area (Å²) in [6.45, 7) is 3.28. The molecule has 1 saturated heterocycles. The fourth-order valence-electron chi connectivity index (χ4n) is 3.09. The molecule has 0 bridgehead atoms. The Morgan fingerprint density at radius 3 is 2.65 bits per heavy atom. The molecule has 0 amide bonds. The molecular formula is C18H20N4S. The van der Waals surface area contributed by atoms with Gasteiger partial charge in [-0.05, 0) is 30.5 Å². The average molecular weight is 324 g/mol. The molecule has 1 aromatic carbocycles. The van der Waals surface area contributed by atoms with E-state index in [1.807, 2.05) is 24.4 Å². The molecule has 4 nitrogen and oxygen atoms in total. The van der Waals surface area contributed by atoms with E-state index in [1.165, 1.54) is 17.1 Å².